The van der Waals surface area contributed by atoms with Crippen molar-refractivity contribution >= 4 is 28.6 Å². The van der Waals surface area contributed by atoms with E-state index in [4.69, 9.17) is 4.74 Å². The zero-order valence-corrected chi connectivity index (χ0v) is 13.6. The molecule has 2 rings (SSSR count). The number of nitrogens with zero attached hydrogens (tertiary/aromatic N) is 2. The molecule has 0 amide bonds. The number of carbonyl (C=O) groups is 2. The standard InChI is InChI=1S/C16H12N2O5S/c1-9-3-6-14(24-9)16(20)11(8-17)15(19)10-4-5-13(23-2)12(7-10)18(21)22/h3-7,11H,1-2H3. The molecule has 122 valence electrons. The number of ether oxygens (including phenoxy) is 1. The van der Waals surface area contributed by atoms with Gasteiger partial charge in [0.2, 0.25) is 0 Å². The summed E-state index contributed by atoms with van der Waals surface area (Å²) in [5.74, 6) is -2.94. The Morgan fingerprint density at radius 2 is 2.00 bits per heavy atom. The predicted octanol–water partition coefficient (Wildman–Crippen LogP) is 3.18. The molecule has 24 heavy (non-hydrogen) atoms. The molecule has 1 heterocycles. The number of nitro benzene ring substituents is 1. The minimum atomic E-state index is -1.55. The van der Waals surface area contributed by atoms with Crippen molar-refractivity contribution in [3.8, 4) is 11.8 Å². The first-order valence-electron chi connectivity index (χ1n) is 6.76. The molecule has 1 aromatic carbocycles. The normalized spacial score (nSPS) is 11.4. The van der Waals surface area contributed by atoms with E-state index in [1.807, 2.05) is 0 Å². The van der Waals surface area contributed by atoms with Crippen molar-refractivity contribution in [1.29, 1.82) is 5.26 Å². The van der Waals surface area contributed by atoms with Gasteiger partial charge in [0.1, 0.15) is 0 Å². The third-order valence-electron chi connectivity index (χ3n) is 3.30. The van der Waals surface area contributed by atoms with Crippen LogP contribution in [0.5, 0.6) is 5.75 Å². The maximum atomic E-state index is 12.5. The maximum Gasteiger partial charge on any atom is 0.311 e. The lowest BCUT2D eigenvalue weighted by atomic mass is 9.94. The highest BCUT2D eigenvalue weighted by Gasteiger charge is 2.31. The van der Waals surface area contributed by atoms with E-state index in [9.17, 15) is 25.0 Å². The van der Waals surface area contributed by atoms with Gasteiger partial charge in [-0.2, -0.15) is 5.26 Å². The summed E-state index contributed by atoms with van der Waals surface area (Å²) in [5.41, 5.74) is -0.491. The quantitative estimate of drug-likeness (QED) is 0.344. The molecule has 2 aromatic rings. The van der Waals surface area contributed by atoms with Crippen molar-refractivity contribution in [3.63, 3.8) is 0 Å². The van der Waals surface area contributed by atoms with Crippen LogP contribution in [0.3, 0.4) is 0 Å². The number of nitro groups is 1. The molecular weight excluding hydrogens is 332 g/mol. The topological polar surface area (TPSA) is 110 Å². The van der Waals surface area contributed by atoms with E-state index >= 15 is 0 Å². The molecule has 0 N–H and O–H groups in total. The maximum absolute atomic E-state index is 12.5. The molecule has 0 aliphatic carbocycles. The molecule has 8 heteroatoms. The zero-order valence-electron chi connectivity index (χ0n) is 12.8. The lowest BCUT2D eigenvalue weighted by molar-refractivity contribution is -0.385. The lowest BCUT2D eigenvalue weighted by Crippen LogP contribution is -2.22. The molecule has 0 saturated heterocycles. The number of Topliss-reactive ketones (excluding diaryl/α,β-unsaturated/α-hetero) is 2. The largest absolute Gasteiger partial charge is 0.490 e. The number of hydrogen-bond acceptors (Lipinski definition) is 7. The van der Waals surface area contributed by atoms with Crippen LogP contribution in [0.1, 0.15) is 24.9 Å². The van der Waals surface area contributed by atoms with Gasteiger partial charge in [-0.3, -0.25) is 19.7 Å². The number of carbonyl (C=O) groups excluding carboxylic acids is 2. The third kappa shape index (κ3) is 3.31. The molecule has 1 unspecified atom stereocenters. The van der Waals surface area contributed by atoms with E-state index in [-0.39, 0.29) is 11.3 Å². The van der Waals surface area contributed by atoms with Crippen LogP contribution >= 0.6 is 11.3 Å². The van der Waals surface area contributed by atoms with E-state index in [2.05, 4.69) is 0 Å². The molecule has 0 aliphatic heterocycles. The SMILES string of the molecule is COc1ccc(C(=O)C(C#N)C(=O)c2ccc(C)s2)cc1[N+](=O)[O-]. The van der Waals surface area contributed by atoms with Gasteiger partial charge >= 0.3 is 5.69 Å². The monoisotopic (exact) mass is 344 g/mol. The van der Waals surface area contributed by atoms with E-state index in [1.165, 1.54) is 30.6 Å². The first-order chi connectivity index (χ1) is 11.4. The minimum Gasteiger partial charge on any atom is -0.490 e. The molecule has 0 saturated carbocycles. The van der Waals surface area contributed by atoms with Gasteiger partial charge in [-0.25, -0.2) is 0 Å². The molecule has 0 aliphatic rings. The van der Waals surface area contributed by atoms with Crippen LogP contribution in [0.15, 0.2) is 30.3 Å². The Kier molecular flexibility index (Phi) is 5.06. The molecule has 1 aromatic heterocycles. The van der Waals surface area contributed by atoms with Gasteiger partial charge in [-0.05, 0) is 31.2 Å². The number of thiophene rings is 1. The molecule has 0 spiro atoms. The third-order valence-corrected chi connectivity index (χ3v) is 4.31. The fourth-order valence-electron chi connectivity index (χ4n) is 2.10. The van der Waals surface area contributed by atoms with Crippen molar-refractivity contribution in [1.82, 2.24) is 0 Å². The van der Waals surface area contributed by atoms with Crippen molar-refractivity contribution in [2.45, 2.75) is 6.92 Å². The van der Waals surface area contributed by atoms with Crippen molar-refractivity contribution in [2.24, 2.45) is 5.92 Å². The number of hydrogen-bond donors (Lipinski definition) is 0. The molecule has 7 nitrogen and oxygen atoms in total. The molecule has 0 fully saturated rings. The van der Waals surface area contributed by atoms with Crippen LogP contribution in [0.25, 0.3) is 0 Å². The van der Waals surface area contributed by atoms with Gasteiger partial charge in [0, 0.05) is 16.5 Å². The number of aryl methyl sites for hydroxylation is 1. The number of rotatable bonds is 6. The van der Waals surface area contributed by atoms with Gasteiger partial charge in [0.25, 0.3) is 0 Å². The Bertz CT molecular complexity index is 866. The highest BCUT2D eigenvalue weighted by atomic mass is 32.1. The molecule has 0 radical (unpaired) electrons. The number of ketones is 2. The fourth-order valence-corrected chi connectivity index (χ4v) is 2.94. The van der Waals surface area contributed by atoms with Crippen LogP contribution in [0, 0.1) is 34.3 Å². The first-order valence-corrected chi connectivity index (χ1v) is 7.57. The van der Waals surface area contributed by atoms with Crippen LogP contribution in [-0.2, 0) is 0 Å². The number of benzene rings is 1. The van der Waals surface area contributed by atoms with Crippen molar-refractivity contribution < 1.29 is 19.2 Å². The molecule has 0 bridgehead atoms. The Hall–Kier alpha value is -3.05. The van der Waals surface area contributed by atoms with Gasteiger partial charge < -0.3 is 4.74 Å². The Labute approximate surface area is 141 Å². The van der Waals surface area contributed by atoms with Gasteiger partial charge in [0.15, 0.2) is 23.2 Å². The fraction of sp³-hybridized carbons (Fsp3) is 0.188. The Morgan fingerprint density at radius 1 is 1.29 bits per heavy atom. The van der Waals surface area contributed by atoms with Crippen molar-refractivity contribution in [2.75, 3.05) is 7.11 Å². The minimum absolute atomic E-state index is 0.00901. The lowest BCUT2D eigenvalue weighted by Gasteiger charge is -2.08. The number of methoxy groups -OCH3 is 1. The second kappa shape index (κ2) is 7.02. The van der Waals surface area contributed by atoms with E-state index < -0.39 is 28.1 Å². The second-order valence-corrected chi connectivity index (χ2v) is 6.13. The van der Waals surface area contributed by atoms with Gasteiger partial charge in [-0.15, -0.1) is 11.3 Å². The molecule has 1 atom stereocenters. The highest BCUT2D eigenvalue weighted by Crippen LogP contribution is 2.29. The Morgan fingerprint density at radius 3 is 2.50 bits per heavy atom. The average molecular weight is 344 g/mol. The van der Waals surface area contributed by atoms with Gasteiger partial charge in [0.05, 0.1) is 23.0 Å². The highest BCUT2D eigenvalue weighted by molar-refractivity contribution is 7.14. The molecular formula is C16H12N2O5S. The summed E-state index contributed by atoms with van der Waals surface area (Å²) >= 11 is 1.19. The summed E-state index contributed by atoms with van der Waals surface area (Å²) in [6.07, 6.45) is 0. The van der Waals surface area contributed by atoms with E-state index in [0.29, 0.717) is 4.88 Å². The first kappa shape index (κ1) is 17.3. The van der Waals surface area contributed by atoms with Gasteiger partial charge in [-0.1, -0.05) is 0 Å². The van der Waals surface area contributed by atoms with E-state index in [0.717, 1.165) is 10.9 Å². The average Bonchev–Trinajstić information content (AvgIpc) is 3.01. The summed E-state index contributed by atoms with van der Waals surface area (Å²) in [6.45, 7) is 1.80. The Balaban J connectivity index is 2.39. The van der Waals surface area contributed by atoms with Crippen molar-refractivity contribution in [3.05, 3.63) is 55.8 Å². The zero-order chi connectivity index (χ0) is 17.9. The second-order valence-electron chi connectivity index (χ2n) is 4.84. The van der Waals surface area contributed by atoms with Crippen LogP contribution in [0.2, 0.25) is 0 Å². The van der Waals surface area contributed by atoms with Crippen LogP contribution in [0.4, 0.5) is 5.69 Å². The summed E-state index contributed by atoms with van der Waals surface area (Å²) in [4.78, 5) is 36.3. The smallest absolute Gasteiger partial charge is 0.311 e. The summed E-state index contributed by atoms with van der Waals surface area (Å²) in [5, 5.41) is 20.3. The van der Waals surface area contributed by atoms with E-state index in [1.54, 1.807) is 25.1 Å². The summed E-state index contributed by atoms with van der Waals surface area (Å²) in [6, 6.07) is 8.53. The predicted molar refractivity (Wildman–Crippen MR) is 86.5 cm³/mol. The summed E-state index contributed by atoms with van der Waals surface area (Å²) < 4.78 is 4.86. The van der Waals surface area contributed by atoms with Crippen LogP contribution < -0.4 is 4.74 Å². The number of nitriles is 1. The van der Waals surface area contributed by atoms with Crippen LogP contribution in [-0.4, -0.2) is 23.6 Å². The summed E-state index contributed by atoms with van der Waals surface area (Å²) in [7, 11) is 1.27.